The number of hydrogen-bond acceptors (Lipinski definition) is 3. The second kappa shape index (κ2) is 4.83. The summed E-state index contributed by atoms with van der Waals surface area (Å²) in [6, 6.07) is 22.0. The first kappa shape index (κ1) is 11.8. The molecule has 0 unspecified atom stereocenters. The topological polar surface area (TPSA) is 54.5 Å². The van der Waals surface area contributed by atoms with Gasteiger partial charge in [0.05, 0.1) is 11.2 Å². The minimum Gasteiger partial charge on any atom is -0.275 e. The van der Waals surface area contributed by atoms with Gasteiger partial charge < -0.3 is 0 Å². The molecule has 4 heteroatoms. The first-order valence-electron chi connectivity index (χ1n) is 6.74. The fourth-order valence-electron chi connectivity index (χ4n) is 2.37. The Balaban J connectivity index is 1.85. The van der Waals surface area contributed by atoms with E-state index in [0.717, 1.165) is 33.5 Å². The number of aromatic nitrogens is 4. The Labute approximate surface area is 121 Å². The van der Waals surface area contributed by atoms with E-state index in [2.05, 4.69) is 20.4 Å². The molecule has 0 amide bonds. The maximum Gasteiger partial charge on any atom is 0.139 e. The van der Waals surface area contributed by atoms with Crippen molar-refractivity contribution in [3.05, 3.63) is 66.7 Å². The first-order chi connectivity index (χ1) is 10.4. The van der Waals surface area contributed by atoms with Gasteiger partial charge in [-0.2, -0.15) is 5.10 Å². The van der Waals surface area contributed by atoms with Crippen LogP contribution in [-0.4, -0.2) is 20.4 Å². The van der Waals surface area contributed by atoms with Gasteiger partial charge in [-0.15, -0.1) is 10.2 Å². The van der Waals surface area contributed by atoms with Crippen LogP contribution in [0.3, 0.4) is 0 Å². The normalized spacial score (nSPS) is 10.9. The lowest BCUT2D eigenvalue weighted by Gasteiger charge is -2.00. The molecule has 2 aromatic heterocycles. The zero-order valence-corrected chi connectivity index (χ0v) is 11.2. The number of fused-ring (bicyclic) bond motifs is 1. The van der Waals surface area contributed by atoms with Crippen LogP contribution in [0.4, 0.5) is 0 Å². The predicted octanol–water partition coefficient (Wildman–Crippen LogP) is 3.69. The predicted molar refractivity (Wildman–Crippen MR) is 82.6 cm³/mol. The number of H-pyrrole nitrogens is 1. The molecule has 21 heavy (non-hydrogen) atoms. The zero-order chi connectivity index (χ0) is 14.1. The average Bonchev–Trinajstić information content (AvgIpc) is 2.99. The highest BCUT2D eigenvalue weighted by Gasteiger charge is 2.11. The molecule has 4 rings (SSSR count). The van der Waals surface area contributed by atoms with Crippen molar-refractivity contribution in [2.24, 2.45) is 0 Å². The number of nitrogens with one attached hydrogen (secondary N) is 1. The molecular weight excluding hydrogens is 260 g/mol. The van der Waals surface area contributed by atoms with Crippen molar-refractivity contribution < 1.29 is 0 Å². The first-order valence-corrected chi connectivity index (χ1v) is 6.74. The quantitative estimate of drug-likeness (QED) is 0.605. The Morgan fingerprint density at radius 1 is 0.714 bits per heavy atom. The van der Waals surface area contributed by atoms with Gasteiger partial charge in [0.15, 0.2) is 0 Å². The maximum absolute atomic E-state index is 4.37. The third-order valence-corrected chi connectivity index (χ3v) is 3.42. The SMILES string of the molecule is c1ccc(-c2cc3[nH]nc(-c4ccccc4)c3nn2)cc1. The highest BCUT2D eigenvalue weighted by atomic mass is 15.2. The molecule has 0 atom stereocenters. The second-order valence-electron chi connectivity index (χ2n) is 4.80. The van der Waals surface area contributed by atoms with E-state index in [4.69, 9.17) is 0 Å². The van der Waals surface area contributed by atoms with E-state index >= 15 is 0 Å². The van der Waals surface area contributed by atoms with Gasteiger partial charge >= 0.3 is 0 Å². The molecule has 1 N–H and O–H groups in total. The lowest BCUT2D eigenvalue weighted by Crippen LogP contribution is -1.88. The van der Waals surface area contributed by atoms with Gasteiger partial charge in [-0.05, 0) is 6.07 Å². The fourth-order valence-corrected chi connectivity index (χ4v) is 2.37. The summed E-state index contributed by atoms with van der Waals surface area (Å²) in [4.78, 5) is 0. The summed E-state index contributed by atoms with van der Waals surface area (Å²) in [5.41, 5.74) is 5.43. The largest absolute Gasteiger partial charge is 0.275 e. The summed E-state index contributed by atoms with van der Waals surface area (Å²) in [7, 11) is 0. The van der Waals surface area contributed by atoms with Gasteiger partial charge in [0.25, 0.3) is 0 Å². The van der Waals surface area contributed by atoms with Crippen LogP contribution in [0, 0.1) is 0 Å². The van der Waals surface area contributed by atoms with Crippen LogP contribution in [0.1, 0.15) is 0 Å². The molecule has 0 bridgehead atoms. The monoisotopic (exact) mass is 272 g/mol. The second-order valence-corrected chi connectivity index (χ2v) is 4.80. The Hall–Kier alpha value is -3.01. The summed E-state index contributed by atoms with van der Waals surface area (Å²) in [6.07, 6.45) is 0. The van der Waals surface area contributed by atoms with Gasteiger partial charge in [0.2, 0.25) is 0 Å². The summed E-state index contributed by atoms with van der Waals surface area (Å²) < 4.78 is 0. The van der Waals surface area contributed by atoms with E-state index in [1.807, 2.05) is 66.7 Å². The van der Waals surface area contributed by atoms with Crippen molar-refractivity contribution in [1.82, 2.24) is 20.4 Å². The van der Waals surface area contributed by atoms with Crippen molar-refractivity contribution in [2.45, 2.75) is 0 Å². The van der Waals surface area contributed by atoms with E-state index in [1.54, 1.807) is 0 Å². The molecule has 0 spiro atoms. The Morgan fingerprint density at radius 2 is 1.38 bits per heavy atom. The standard InChI is InChI=1S/C17H12N4/c1-3-7-12(8-4-1)14-11-15-17(21-18-14)16(20-19-15)13-9-5-2-6-10-13/h1-11H,(H,19,20). The van der Waals surface area contributed by atoms with E-state index in [1.165, 1.54) is 0 Å². The third kappa shape index (κ3) is 2.07. The van der Waals surface area contributed by atoms with Gasteiger partial charge in [-0.1, -0.05) is 60.7 Å². The van der Waals surface area contributed by atoms with Crippen LogP contribution in [0.5, 0.6) is 0 Å². The number of nitrogens with zero attached hydrogens (tertiary/aromatic N) is 3. The number of aromatic amines is 1. The summed E-state index contributed by atoms with van der Waals surface area (Å²) in [5, 5.41) is 16.1. The maximum atomic E-state index is 4.37. The van der Waals surface area contributed by atoms with E-state index in [0.29, 0.717) is 0 Å². The molecule has 2 aromatic carbocycles. The van der Waals surface area contributed by atoms with Crippen LogP contribution in [-0.2, 0) is 0 Å². The molecular formula is C17H12N4. The number of benzene rings is 2. The molecule has 4 nitrogen and oxygen atoms in total. The highest BCUT2D eigenvalue weighted by Crippen LogP contribution is 2.26. The minimum absolute atomic E-state index is 0.792. The molecule has 0 aliphatic carbocycles. The molecule has 100 valence electrons. The summed E-state index contributed by atoms with van der Waals surface area (Å²) in [5.74, 6) is 0. The van der Waals surface area contributed by atoms with Crippen molar-refractivity contribution in [1.29, 1.82) is 0 Å². The average molecular weight is 272 g/mol. The van der Waals surface area contributed by atoms with Gasteiger partial charge in [0.1, 0.15) is 11.2 Å². The van der Waals surface area contributed by atoms with Crippen LogP contribution in [0.25, 0.3) is 33.5 Å². The lowest BCUT2D eigenvalue weighted by atomic mass is 10.1. The smallest absolute Gasteiger partial charge is 0.139 e. The van der Waals surface area contributed by atoms with Crippen LogP contribution in [0.15, 0.2) is 66.7 Å². The van der Waals surface area contributed by atoms with Crippen molar-refractivity contribution in [3.63, 3.8) is 0 Å². The summed E-state index contributed by atoms with van der Waals surface area (Å²) >= 11 is 0. The molecule has 0 aliphatic rings. The molecule has 0 aliphatic heterocycles. The van der Waals surface area contributed by atoms with E-state index in [-0.39, 0.29) is 0 Å². The van der Waals surface area contributed by atoms with Gasteiger partial charge in [0, 0.05) is 11.1 Å². The fraction of sp³-hybridized carbons (Fsp3) is 0. The van der Waals surface area contributed by atoms with E-state index in [9.17, 15) is 0 Å². The van der Waals surface area contributed by atoms with Gasteiger partial charge in [-0.25, -0.2) is 0 Å². The number of rotatable bonds is 2. The Kier molecular flexibility index (Phi) is 2.71. The van der Waals surface area contributed by atoms with Crippen molar-refractivity contribution >= 4 is 11.0 Å². The lowest BCUT2D eigenvalue weighted by molar-refractivity contribution is 1.08. The molecule has 0 saturated heterocycles. The third-order valence-electron chi connectivity index (χ3n) is 3.42. The highest BCUT2D eigenvalue weighted by molar-refractivity contribution is 5.90. The molecule has 4 aromatic rings. The van der Waals surface area contributed by atoms with Crippen LogP contribution >= 0.6 is 0 Å². The van der Waals surface area contributed by atoms with Crippen LogP contribution in [0.2, 0.25) is 0 Å². The molecule has 0 saturated carbocycles. The summed E-state index contributed by atoms with van der Waals surface area (Å²) in [6.45, 7) is 0. The van der Waals surface area contributed by atoms with Gasteiger partial charge in [-0.3, -0.25) is 5.10 Å². The zero-order valence-electron chi connectivity index (χ0n) is 11.2. The molecule has 2 heterocycles. The van der Waals surface area contributed by atoms with Crippen LogP contribution < -0.4 is 0 Å². The Morgan fingerprint density at radius 3 is 2.10 bits per heavy atom. The van der Waals surface area contributed by atoms with E-state index < -0.39 is 0 Å². The molecule has 0 fully saturated rings. The van der Waals surface area contributed by atoms with Crippen molar-refractivity contribution in [3.8, 4) is 22.5 Å². The number of hydrogen-bond donors (Lipinski definition) is 1. The minimum atomic E-state index is 0.792. The van der Waals surface area contributed by atoms with Crippen molar-refractivity contribution in [2.75, 3.05) is 0 Å². The Bertz CT molecular complexity index is 882. The molecule has 0 radical (unpaired) electrons.